The Morgan fingerprint density at radius 1 is 0.857 bits per heavy atom. The summed E-state index contributed by atoms with van der Waals surface area (Å²) in [7, 11) is 0. The second-order valence-corrected chi connectivity index (χ2v) is 6.36. The third-order valence-corrected chi connectivity index (χ3v) is 4.72. The zero-order chi connectivity index (χ0) is 14.4. The fraction of sp³-hybridized carbons (Fsp3) is 0.111. The highest BCUT2D eigenvalue weighted by molar-refractivity contribution is 9.10. The first-order valence-corrected chi connectivity index (χ1v) is 7.86. The summed E-state index contributed by atoms with van der Waals surface area (Å²) < 4.78 is 1.11. The molecule has 3 heteroatoms. The number of nitrogens with one attached hydrogen (secondary N) is 2. The lowest BCUT2D eigenvalue weighted by Crippen LogP contribution is -1.93. The maximum absolute atomic E-state index is 3.57. The lowest BCUT2D eigenvalue weighted by molar-refractivity contribution is 0.942. The number of rotatable bonds is 2. The maximum atomic E-state index is 3.57. The van der Waals surface area contributed by atoms with Gasteiger partial charge in [-0.25, -0.2) is 0 Å². The van der Waals surface area contributed by atoms with E-state index in [1.807, 2.05) is 0 Å². The van der Waals surface area contributed by atoms with Gasteiger partial charge in [-0.05, 0) is 35.4 Å². The van der Waals surface area contributed by atoms with Gasteiger partial charge >= 0.3 is 0 Å². The number of benzene rings is 2. The van der Waals surface area contributed by atoms with Crippen LogP contribution in [0.5, 0.6) is 0 Å². The molecule has 1 atom stereocenters. The number of aromatic amines is 2. The first-order chi connectivity index (χ1) is 10.2. The topological polar surface area (TPSA) is 31.6 Å². The Balaban J connectivity index is 1.90. The SMILES string of the molecule is CC(c1c[nH]c2ccccc12)c1c[nH]c2ccc(Br)cc12. The highest BCUT2D eigenvalue weighted by Crippen LogP contribution is 2.35. The second kappa shape index (κ2) is 4.78. The summed E-state index contributed by atoms with van der Waals surface area (Å²) in [6, 6.07) is 14.8. The predicted molar refractivity (Wildman–Crippen MR) is 91.8 cm³/mol. The Morgan fingerprint density at radius 2 is 1.52 bits per heavy atom. The van der Waals surface area contributed by atoms with Crippen LogP contribution >= 0.6 is 15.9 Å². The van der Waals surface area contributed by atoms with Crippen LogP contribution in [0.2, 0.25) is 0 Å². The predicted octanol–water partition coefficient (Wildman–Crippen LogP) is 5.56. The summed E-state index contributed by atoms with van der Waals surface area (Å²) in [5, 5.41) is 2.58. The van der Waals surface area contributed by atoms with Crippen LogP contribution in [0, 0.1) is 0 Å². The average molecular weight is 339 g/mol. The van der Waals surface area contributed by atoms with E-state index in [1.54, 1.807) is 0 Å². The smallest absolute Gasteiger partial charge is 0.0457 e. The van der Waals surface area contributed by atoms with Crippen LogP contribution in [-0.4, -0.2) is 9.97 Å². The van der Waals surface area contributed by atoms with Crippen molar-refractivity contribution in [1.29, 1.82) is 0 Å². The molecule has 2 nitrogen and oxygen atoms in total. The molecule has 0 aliphatic carbocycles. The minimum atomic E-state index is 0.337. The highest BCUT2D eigenvalue weighted by Gasteiger charge is 2.16. The van der Waals surface area contributed by atoms with Crippen LogP contribution in [0.15, 0.2) is 59.3 Å². The van der Waals surface area contributed by atoms with Gasteiger partial charge in [0.1, 0.15) is 0 Å². The van der Waals surface area contributed by atoms with Gasteiger partial charge < -0.3 is 9.97 Å². The van der Waals surface area contributed by atoms with Crippen molar-refractivity contribution in [1.82, 2.24) is 9.97 Å². The first-order valence-electron chi connectivity index (χ1n) is 7.06. The number of aromatic nitrogens is 2. The molecule has 0 saturated carbocycles. The average Bonchev–Trinajstić information content (AvgIpc) is 3.10. The third kappa shape index (κ3) is 2.00. The lowest BCUT2D eigenvalue weighted by Gasteiger charge is -2.10. The number of H-pyrrole nitrogens is 2. The van der Waals surface area contributed by atoms with E-state index in [2.05, 4.69) is 87.7 Å². The largest absolute Gasteiger partial charge is 0.361 e. The van der Waals surface area contributed by atoms with Crippen molar-refractivity contribution < 1.29 is 0 Å². The zero-order valence-corrected chi connectivity index (χ0v) is 13.2. The standard InChI is InChI=1S/C18H15BrN2/c1-11(15-9-20-17-5-3-2-4-13(15)17)16-10-21-18-7-6-12(19)8-14(16)18/h2-11,20-21H,1H3. The van der Waals surface area contributed by atoms with Crippen molar-refractivity contribution in [3.8, 4) is 0 Å². The minimum absolute atomic E-state index is 0.337. The summed E-state index contributed by atoms with van der Waals surface area (Å²) in [6.07, 6.45) is 4.26. The monoisotopic (exact) mass is 338 g/mol. The summed E-state index contributed by atoms with van der Waals surface area (Å²) in [5.41, 5.74) is 5.04. The van der Waals surface area contributed by atoms with Crippen molar-refractivity contribution in [2.24, 2.45) is 0 Å². The molecule has 0 bridgehead atoms. The van der Waals surface area contributed by atoms with Crippen molar-refractivity contribution >= 4 is 37.7 Å². The van der Waals surface area contributed by atoms with E-state index in [4.69, 9.17) is 0 Å². The zero-order valence-electron chi connectivity index (χ0n) is 11.7. The number of hydrogen-bond donors (Lipinski definition) is 2. The first kappa shape index (κ1) is 12.7. The number of hydrogen-bond acceptors (Lipinski definition) is 0. The molecular formula is C18H15BrN2. The molecule has 4 aromatic rings. The van der Waals surface area contributed by atoms with E-state index in [1.165, 1.54) is 32.9 Å². The molecule has 4 rings (SSSR count). The van der Waals surface area contributed by atoms with Gasteiger partial charge in [0.15, 0.2) is 0 Å². The van der Waals surface area contributed by atoms with Gasteiger partial charge in [-0.1, -0.05) is 41.1 Å². The molecule has 0 amide bonds. The van der Waals surface area contributed by atoms with Gasteiger partial charge in [0, 0.05) is 44.6 Å². The molecule has 0 saturated heterocycles. The fourth-order valence-corrected chi connectivity index (χ4v) is 3.45. The Morgan fingerprint density at radius 3 is 2.33 bits per heavy atom. The minimum Gasteiger partial charge on any atom is -0.361 e. The van der Waals surface area contributed by atoms with E-state index in [9.17, 15) is 0 Å². The molecule has 0 fully saturated rings. The van der Waals surface area contributed by atoms with Crippen molar-refractivity contribution in [2.75, 3.05) is 0 Å². The Kier molecular flexibility index (Phi) is 2.89. The summed E-state index contributed by atoms with van der Waals surface area (Å²) in [4.78, 5) is 6.75. The summed E-state index contributed by atoms with van der Waals surface area (Å²) in [5.74, 6) is 0.337. The van der Waals surface area contributed by atoms with Gasteiger partial charge in [-0.3, -0.25) is 0 Å². The Bertz CT molecular complexity index is 933. The quantitative estimate of drug-likeness (QED) is 0.479. The molecular weight excluding hydrogens is 324 g/mol. The number of para-hydroxylation sites is 1. The molecule has 1 unspecified atom stereocenters. The Labute approximate surface area is 131 Å². The van der Waals surface area contributed by atoms with Crippen LogP contribution in [0.25, 0.3) is 21.8 Å². The fourth-order valence-electron chi connectivity index (χ4n) is 3.09. The highest BCUT2D eigenvalue weighted by atomic mass is 79.9. The van der Waals surface area contributed by atoms with Gasteiger partial charge in [-0.15, -0.1) is 0 Å². The van der Waals surface area contributed by atoms with E-state index >= 15 is 0 Å². The van der Waals surface area contributed by atoms with Gasteiger partial charge in [-0.2, -0.15) is 0 Å². The second-order valence-electron chi connectivity index (χ2n) is 5.45. The van der Waals surface area contributed by atoms with E-state index < -0.39 is 0 Å². The Hall–Kier alpha value is -2.00. The lowest BCUT2D eigenvalue weighted by atomic mass is 9.92. The molecule has 21 heavy (non-hydrogen) atoms. The van der Waals surface area contributed by atoms with Crippen LogP contribution in [0.3, 0.4) is 0 Å². The summed E-state index contributed by atoms with van der Waals surface area (Å²) in [6.45, 7) is 2.26. The van der Waals surface area contributed by atoms with Crippen LogP contribution in [-0.2, 0) is 0 Å². The van der Waals surface area contributed by atoms with Crippen LogP contribution in [0.4, 0.5) is 0 Å². The van der Waals surface area contributed by atoms with Crippen molar-refractivity contribution in [3.63, 3.8) is 0 Å². The van der Waals surface area contributed by atoms with E-state index in [0.717, 1.165) is 4.47 Å². The van der Waals surface area contributed by atoms with E-state index in [-0.39, 0.29) is 0 Å². The molecule has 2 heterocycles. The summed E-state index contributed by atoms with van der Waals surface area (Å²) >= 11 is 3.57. The number of halogens is 1. The molecule has 0 radical (unpaired) electrons. The molecule has 0 aliphatic heterocycles. The molecule has 0 aliphatic rings. The molecule has 0 spiro atoms. The van der Waals surface area contributed by atoms with Crippen LogP contribution in [0.1, 0.15) is 24.0 Å². The van der Waals surface area contributed by atoms with Gasteiger partial charge in [0.2, 0.25) is 0 Å². The molecule has 2 N–H and O–H groups in total. The molecule has 104 valence electrons. The normalized spacial score (nSPS) is 13.0. The van der Waals surface area contributed by atoms with Gasteiger partial charge in [0.05, 0.1) is 0 Å². The van der Waals surface area contributed by atoms with Crippen LogP contribution < -0.4 is 0 Å². The van der Waals surface area contributed by atoms with Crippen molar-refractivity contribution in [2.45, 2.75) is 12.8 Å². The third-order valence-electron chi connectivity index (χ3n) is 4.23. The maximum Gasteiger partial charge on any atom is 0.0457 e. The van der Waals surface area contributed by atoms with Crippen molar-refractivity contribution in [3.05, 3.63) is 70.5 Å². The van der Waals surface area contributed by atoms with E-state index in [0.29, 0.717) is 5.92 Å². The molecule has 2 aromatic heterocycles. The van der Waals surface area contributed by atoms with Gasteiger partial charge in [0.25, 0.3) is 0 Å². The molecule has 2 aromatic carbocycles. The number of fused-ring (bicyclic) bond motifs is 2.